The van der Waals surface area contributed by atoms with Gasteiger partial charge in [0.25, 0.3) is 0 Å². The number of aliphatic hydroxyl groups excluding tert-OH is 1. The van der Waals surface area contributed by atoms with Crippen molar-refractivity contribution in [3.05, 3.63) is 0 Å². The van der Waals surface area contributed by atoms with Gasteiger partial charge in [0.05, 0.1) is 6.10 Å². The van der Waals surface area contributed by atoms with E-state index in [0.29, 0.717) is 31.8 Å². The van der Waals surface area contributed by atoms with Crippen molar-refractivity contribution in [2.45, 2.75) is 65.9 Å². The molecule has 0 saturated carbocycles. The van der Waals surface area contributed by atoms with Crippen LogP contribution in [0.2, 0.25) is 0 Å². The lowest BCUT2D eigenvalue weighted by Gasteiger charge is -2.22. The molecule has 0 aliphatic rings. The van der Waals surface area contributed by atoms with Crippen LogP contribution in [-0.2, 0) is 4.79 Å². The maximum Gasteiger partial charge on any atom is 0.220 e. The van der Waals surface area contributed by atoms with Crippen LogP contribution >= 0.6 is 0 Å². The van der Waals surface area contributed by atoms with Gasteiger partial charge in [0, 0.05) is 13.0 Å². The topological polar surface area (TPSA) is 75.4 Å². The number of carbonyl (C=O) groups is 1. The Bertz CT molecular complexity index is 249. The van der Waals surface area contributed by atoms with Crippen molar-refractivity contribution in [1.29, 1.82) is 0 Å². The highest BCUT2D eigenvalue weighted by molar-refractivity contribution is 5.75. The first-order chi connectivity index (χ1) is 8.78. The first kappa shape index (κ1) is 18.4. The molecular formula is C15H32N2O2. The summed E-state index contributed by atoms with van der Waals surface area (Å²) in [5.74, 6) is 0.568. The van der Waals surface area contributed by atoms with Gasteiger partial charge in [-0.05, 0) is 37.1 Å². The van der Waals surface area contributed by atoms with Gasteiger partial charge >= 0.3 is 0 Å². The minimum atomic E-state index is -0.463. The molecule has 4 nitrogen and oxygen atoms in total. The minimum Gasteiger partial charge on any atom is -0.391 e. The standard InChI is InChI=1S/C15H32N2O2/c1-5-12(8-9-16)6-7-14(19)17-11-13(18)10-15(2,3)4/h12-13,18H,5-11,16H2,1-4H3,(H,17,19). The molecule has 0 fully saturated rings. The molecule has 0 heterocycles. The van der Waals surface area contributed by atoms with Crippen LogP contribution in [0.5, 0.6) is 0 Å². The summed E-state index contributed by atoms with van der Waals surface area (Å²) in [5, 5.41) is 12.6. The van der Waals surface area contributed by atoms with Crippen LogP contribution in [-0.4, -0.2) is 30.2 Å². The van der Waals surface area contributed by atoms with Gasteiger partial charge in [0.15, 0.2) is 0 Å². The van der Waals surface area contributed by atoms with Crippen LogP contribution in [0.15, 0.2) is 0 Å². The van der Waals surface area contributed by atoms with Crippen molar-refractivity contribution in [3.8, 4) is 0 Å². The molecule has 0 bridgehead atoms. The Kier molecular flexibility index (Phi) is 9.02. The maximum absolute atomic E-state index is 11.7. The first-order valence-corrected chi connectivity index (χ1v) is 7.43. The van der Waals surface area contributed by atoms with Crippen LogP contribution in [0.3, 0.4) is 0 Å². The number of carbonyl (C=O) groups excluding carboxylic acids is 1. The van der Waals surface area contributed by atoms with Crippen LogP contribution in [0, 0.1) is 11.3 Å². The van der Waals surface area contributed by atoms with E-state index in [9.17, 15) is 9.90 Å². The Hall–Kier alpha value is -0.610. The second-order valence-corrected chi connectivity index (χ2v) is 6.61. The molecule has 4 N–H and O–H groups in total. The molecule has 0 radical (unpaired) electrons. The third-order valence-corrected chi connectivity index (χ3v) is 3.31. The van der Waals surface area contributed by atoms with Gasteiger partial charge in [-0.1, -0.05) is 34.1 Å². The Morgan fingerprint density at radius 3 is 2.42 bits per heavy atom. The van der Waals surface area contributed by atoms with Gasteiger partial charge in [-0.15, -0.1) is 0 Å². The molecule has 0 aromatic heterocycles. The van der Waals surface area contributed by atoms with Crippen LogP contribution in [0.4, 0.5) is 0 Å². The molecule has 0 aromatic rings. The summed E-state index contributed by atoms with van der Waals surface area (Å²) < 4.78 is 0. The van der Waals surface area contributed by atoms with Gasteiger partial charge in [-0.25, -0.2) is 0 Å². The molecule has 19 heavy (non-hydrogen) atoms. The van der Waals surface area contributed by atoms with Gasteiger partial charge in [0.1, 0.15) is 0 Å². The third-order valence-electron chi connectivity index (χ3n) is 3.31. The highest BCUT2D eigenvalue weighted by Gasteiger charge is 2.17. The quantitative estimate of drug-likeness (QED) is 0.601. The van der Waals surface area contributed by atoms with E-state index >= 15 is 0 Å². The van der Waals surface area contributed by atoms with Crippen LogP contribution in [0.25, 0.3) is 0 Å². The van der Waals surface area contributed by atoms with Crippen LogP contribution in [0.1, 0.15) is 59.8 Å². The van der Waals surface area contributed by atoms with E-state index in [4.69, 9.17) is 5.73 Å². The molecule has 4 heteroatoms. The van der Waals surface area contributed by atoms with E-state index in [0.717, 1.165) is 19.3 Å². The van der Waals surface area contributed by atoms with Crippen molar-refractivity contribution in [2.24, 2.45) is 17.1 Å². The fraction of sp³-hybridized carbons (Fsp3) is 0.933. The molecule has 114 valence electrons. The smallest absolute Gasteiger partial charge is 0.220 e. The lowest BCUT2D eigenvalue weighted by molar-refractivity contribution is -0.122. The molecule has 0 aromatic carbocycles. The zero-order chi connectivity index (χ0) is 14.9. The summed E-state index contributed by atoms with van der Waals surface area (Å²) in [6, 6.07) is 0. The van der Waals surface area contributed by atoms with E-state index in [2.05, 4.69) is 33.0 Å². The Labute approximate surface area is 118 Å². The fourth-order valence-electron chi connectivity index (χ4n) is 2.22. The predicted octanol–water partition coefficient (Wildman–Crippen LogP) is 2.05. The van der Waals surface area contributed by atoms with E-state index < -0.39 is 6.10 Å². The molecule has 0 aliphatic carbocycles. The fourth-order valence-corrected chi connectivity index (χ4v) is 2.22. The Morgan fingerprint density at radius 2 is 1.95 bits per heavy atom. The summed E-state index contributed by atoms with van der Waals surface area (Å²) >= 11 is 0. The number of rotatable bonds is 9. The van der Waals surface area contributed by atoms with E-state index in [-0.39, 0.29) is 11.3 Å². The van der Waals surface area contributed by atoms with Crippen LogP contribution < -0.4 is 11.1 Å². The SMILES string of the molecule is CCC(CCN)CCC(=O)NCC(O)CC(C)(C)C. The normalized spacial score (nSPS) is 15.1. The molecule has 0 spiro atoms. The van der Waals surface area contributed by atoms with E-state index in [1.54, 1.807) is 0 Å². The highest BCUT2D eigenvalue weighted by Crippen LogP contribution is 2.20. The Balaban J connectivity index is 3.80. The second-order valence-electron chi connectivity index (χ2n) is 6.61. The maximum atomic E-state index is 11.7. The van der Waals surface area contributed by atoms with Crippen molar-refractivity contribution in [2.75, 3.05) is 13.1 Å². The van der Waals surface area contributed by atoms with Crippen molar-refractivity contribution >= 4 is 5.91 Å². The zero-order valence-electron chi connectivity index (χ0n) is 13.0. The zero-order valence-corrected chi connectivity index (χ0v) is 13.0. The number of hydrogen-bond acceptors (Lipinski definition) is 3. The molecule has 0 rings (SSSR count). The average Bonchev–Trinajstić information content (AvgIpc) is 2.29. The number of nitrogens with two attached hydrogens (primary N) is 1. The number of hydrogen-bond donors (Lipinski definition) is 3. The molecule has 2 atom stereocenters. The summed E-state index contributed by atoms with van der Waals surface area (Å²) in [6.45, 7) is 9.41. The lowest BCUT2D eigenvalue weighted by Crippen LogP contribution is -2.34. The molecule has 1 amide bonds. The minimum absolute atomic E-state index is 0.0310. The summed E-state index contributed by atoms with van der Waals surface area (Å²) in [7, 11) is 0. The third kappa shape index (κ3) is 11.0. The molecule has 0 aliphatic heterocycles. The molecular weight excluding hydrogens is 240 g/mol. The van der Waals surface area contributed by atoms with Gasteiger partial charge in [-0.2, -0.15) is 0 Å². The monoisotopic (exact) mass is 272 g/mol. The summed E-state index contributed by atoms with van der Waals surface area (Å²) in [5.41, 5.74) is 5.62. The first-order valence-electron chi connectivity index (χ1n) is 7.43. The number of aliphatic hydroxyl groups is 1. The van der Waals surface area contributed by atoms with Crippen molar-refractivity contribution in [1.82, 2.24) is 5.32 Å². The van der Waals surface area contributed by atoms with Gasteiger partial charge < -0.3 is 16.2 Å². The molecule has 2 unspecified atom stereocenters. The Morgan fingerprint density at radius 1 is 1.32 bits per heavy atom. The van der Waals surface area contributed by atoms with Gasteiger partial charge in [-0.3, -0.25) is 4.79 Å². The average molecular weight is 272 g/mol. The number of amides is 1. The largest absolute Gasteiger partial charge is 0.391 e. The summed E-state index contributed by atoms with van der Waals surface area (Å²) in [4.78, 5) is 11.7. The lowest BCUT2D eigenvalue weighted by atomic mass is 9.89. The summed E-state index contributed by atoms with van der Waals surface area (Å²) in [6.07, 6.45) is 3.69. The van der Waals surface area contributed by atoms with Crippen molar-refractivity contribution in [3.63, 3.8) is 0 Å². The van der Waals surface area contributed by atoms with E-state index in [1.165, 1.54) is 0 Å². The van der Waals surface area contributed by atoms with Gasteiger partial charge in [0.2, 0.25) is 5.91 Å². The number of nitrogens with one attached hydrogen (secondary N) is 1. The van der Waals surface area contributed by atoms with Crippen molar-refractivity contribution < 1.29 is 9.90 Å². The predicted molar refractivity (Wildman–Crippen MR) is 79.8 cm³/mol. The van der Waals surface area contributed by atoms with E-state index in [1.807, 2.05) is 0 Å². The molecule has 0 saturated heterocycles. The second kappa shape index (κ2) is 9.32. The highest BCUT2D eigenvalue weighted by atomic mass is 16.3.